The highest BCUT2D eigenvalue weighted by Crippen LogP contribution is 2.17. The number of carbonyl (C=O) groups is 3. The van der Waals surface area contributed by atoms with Gasteiger partial charge in [0.15, 0.2) is 6.10 Å². The number of hydrogen-bond acceptors (Lipinski definition) is 6. The first-order valence-electron chi connectivity index (χ1n) is 33.8. The lowest BCUT2D eigenvalue weighted by Gasteiger charge is -2.18. The average molecular weight is 1080 g/mol. The molecular formula is C71H128O6. The van der Waals surface area contributed by atoms with Crippen LogP contribution in [0.3, 0.4) is 0 Å². The molecule has 0 bridgehead atoms. The lowest BCUT2D eigenvalue weighted by Crippen LogP contribution is -2.30. The van der Waals surface area contributed by atoms with E-state index in [0.29, 0.717) is 19.3 Å². The van der Waals surface area contributed by atoms with Crippen LogP contribution in [0.5, 0.6) is 0 Å². The largest absolute Gasteiger partial charge is 0.462 e. The highest BCUT2D eigenvalue weighted by molar-refractivity contribution is 5.71. The molecule has 0 aliphatic heterocycles. The first kappa shape index (κ1) is 74.1. The predicted molar refractivity (Wildman–Crippen MR) is 335 cm³/mol. The van der Waals surface area contributed by atoms with Crippen LogP contribution in [0.2, 0.25) is 0 Å². The van der Waals surface area contributed by atoms with Crippen LogP contribution in [-0.2, 0) is 28.6 Å². The second-order valence-electron chi connectivity index (χ2n) is 22.7. The molecule has 0 amide bonds. The molecule has 0 spiro atoms. The Hall–Kier alpha value is -2.89. The molecule has 1 unspecified atom stereocenters. The molecule has 6 nitrogen and oxygen atoms in total. The smallest absolute Gasteiger partial charge is 0.306 e. The number of hydrogen-bond donors (Lipinski definition) is 0. The molecule has 1 atom stereocenters. The number of allylic oxidation sites excluding steroid dienone is 10. The Morgan fingerprint density at radius 3 is 0.753 bits per heavy atom. The van der Waals surface area contributed by atoms with Crippen molar-refractivity contribution in [1.29, 1.82) is 0 Å². The monoisotopic (exact) mass is 1080 g/mol. The maximum atomic E-state index is 12.9. The van der Waals surface area contributed by atoms with Gasteiger partial charge in [0.05, 0.1) is 0 Å². The molecule has 0 N–H and O–H groups in total. The van der Waals surface area contributed by atoms with Crippen LogP contribution in [-0.4, -0.2) is 37.2 Å². The van der Waals surface area contributed by atoms with Crippen molar-refractivity contribution >= 4 is 17.9 Å². The van der Waals surface area contributed by atoms with E-state index < -0.39 is 6.10 Å². The third kappa shape index (κ3) is 63.8. The summed E-state index contributed by atoms with van der Waals surface area (Å²) < 4.78 is 17.0. The van der Waals surface area contributed by atoms with E-state index in [9.17, 15) is 14.4 Å². The fourth-order valence-corrected chi connectivity index (χ4v) is 9.85. The van der Waals surface area contributed by atoms with Crippen molar-refractivity contribution in [2.24, 2.45) is 0 Å². The molecule has 0 aromatic rings. The normalized spacial score (nSPS) is 12.4. The van der Waals surface area contributed by atoms with E-state index in [-0.39, 0.29) is 31.1 Å². The van der Waals surface area contributed by atoms with E-state index in [4.69, 9.17) is 14.2 Å². The molecule has 0 heterocycles. The number of esters is 3. The SMILES string of the molecule is CCCCC/C=C\C/C=C\CCCCCCCC(=O)OCC(COC(=O)CCCCCCCCCCCCC/C=C\CCCCCCCCCC)OC(=O)CCCCCCCCCCC/C=C\C/C=C\CCCCCCC. The van der Waals surface area contributed by atoms with Gasteiger partial charge in [0, 0.05) is 19.3 Å². The van der Waals surface area contributed by atoms with E-state index in [1.807, 2.05) is 0 Å². The standard InChI is InChI=1S/C71H128O6/c1-4-7-10-13-16-19-22-25-28-30-32-34-35-37-38-40-43-46-49-52-55-58-61-64-70(73)76-67-68(66-75-69(72)63-60-57-54-51-48-45-42-27-24-21-18-15-12-9-6-3)77-71(74)65-62-59-56-53-50-47-44-41-39-36-33-31-29-26-23-20-17-14-11-8-5-2/h18,21,23,26-27,30-33,42,68H,4-17,19-20,22,24-25,28-29,34-41,43-67H2,1-3H3/b21-18-,26-23-,32-30-,33-31-,42-27-. The molecular weight excluding hydrogens is 949 g/mol. The van der Waals surface area contributed by atoms with Crippen molar-refractivity contribution < 1.29 is 28.6 Å². The van der Waals surface area contributed by atoms with Crippen LogP contribution >= 0.6 is 0 Å². The molecule has 0 radical (unpaired) electrons. The van der Waals surface area contributed by atoms with Crippen molar-refractivity contribution in [1.82, 2.24) is 0 Å². The third-order valence-corrected chi connectivity index (χ3v) is 15.0. The third-order valence-electron chi connectivity index (χ3n) is 15.0. The summed E-state index contributed by atoms with van der Waals surface area (Å²) in [4.78, 5) is 38.4. The minimum atomic E-state index is -0.784. The number of carbonyl (C=O) groups excluding carboxylic acids is 3. The van der Waals surface area contributed by atoms with Gasteiger partial charge in [-0.25, -0.2) is 0 Å². The zero-order valence-electron chi connectivity index (χ0n) is 51.5. The van der Waals surface area contributed by atoms with E-state index in [2.05, 4.69) is 81.5 Å². The quantitative estimate of drug-likeness (QED) is 0.0261. The summed E-state index contributed by atoms with van der Waals surface area (Å²) in [6, 6.07) is 0. The van der Waals surface area contributed by atoms with Crippen LogP contribution in [0.1, 0.15) is 355 Å². The summed E-state index contributed by atoms with van der Waals surface area (Å²) in [6.07, 6.45) is 83.7. The Bertz CT molecular complexity index is 1380. The van der Waals surface area contributed by atoms with Gasteiger partial charge in [-0.05, 0) is 109 Å². The molecule has 0 saturated carbocycles. The Labute approximate surface area is 479 Å². The molecule has 77 heavy (non-hydrogen) atoms. The Morgan fingerprint density at radius 1 is 0.260 bits per heavy atom. The van der Waals surface area contributed by atoms with Gasteiger partial charge in [0.1, 0.15) is 13.2 Å². The van der Waals surface area contributed by atoms with Crippen LogP contribution in [0.15, 0.2) is 60.8 Å². The second kappa shape index (κ2) is 65.6. The summed E-state index contributed by atoms with van der Waals surface area (Å²) in [5, 5.41) is 0. The zero-order chi connectivity index (χ0) is 55.7. The van der Waals surface area contributed by atoms with Gasteiger partial charge in [-0.15, -0.1) is 0 Å². The lowest BCUT2D eigenvalue weighted by atomic mass is 10.0. The number of unbranched alkanes of at least 4 members (excludes halogenated alkanes) is 41. The number of ether oxygens (including phenoxy) is 3. The highest BCUT2D eigenvalue weighted by Gasteiger charge is 2.19. The highest BCUT2D eigenvalue weighted by atomic mass is 16.6. The Morgan fingerprint density at radius 2 is 0.468 bits per heavy atom. The number of rotatable bonds is 62. The Balaban J connectivity index is 4.33. The van der Waals surface area contributed by atoms with Crippen LogP contribution in [0, 0.1) is 0 Å². The van der Waals surface area contributed by atoms with Gasteiger partial charge in [-0.3, -0.25) is 14.4 Å². The summed E-state index contributed by atoms with van der Waals surface area (Å²) >= 11 is 0. The van der Waals surface area contributed by atoms with Crippen LogP contribution in [0.25, 0.3) is 0 Å². The molecule has 0 fully saturated rings. The van der Waals surface area contributed by atoms with Crippen LogP contribution in [0.4, 0.5) is 0 Å². The van der Waals surface area contributed by atoms with Crippen molar-refractivity contribution in [3.05, 3.63) is 60.8 Å². The van der Waals surface area contributed by atoms with E-state index in [0.717, 1.165) is 83.5 Å². The fourth-order valence-electron chi connectivity index (χ4n) is 9.85. The predicted octanol–water partition coefficient (Wildman–Crippen LogP) is 23.1. The summed E-state index contributed by atoms with van der Waals surface area (Å²) in [6.45, 7) is 6.64. The molecule has 0 aliphatic carbocycles. The van der Waals surface area contributed by atoms with Crippen molar-refractivity contribution in [3.63, 3.8) is 0 Å². The van der Waals surface area contributed by atoms with Gasteiger partial charge < -0.3 is 14.2 Å². The second-order valence-corrected chi connectivity index (χ2v) is 22.7. The van der Waals surface area contributed by atoms with E-state index >= 15 is 0 Å². The van der Waals surface area contributed by atoms with E-state index in [1.165, 1.54) is 231 Å². The molecule has 0 aromatic heterocycles. The molecule has 448 valence electrons. The van der Waals surface area contributed by atoms with Gasteiger partial charge in [-0.1, -0.05) is 287 Å². The first-order valence-corrected chi connectivity index (χ1v) is 33.8. The topological polar surface area (TPSA) is 78.9 Å². The molecule has 0 aliphatic rings. The van der Waals surface area contributed by atoms with Gasteiger partial charge in [-0.2, -0.15) is 0 Å². The summed E-state index contributed by atoms with van der Waals surface area (Å²) in [7, 11) is 0. The molecule has 6 heteroatoms. The maximum absolute atomic E-state index is 12.9. The van der Waals surface area contributed by atoms with Crippen molar-refractivity contribution in [2.75, 3.05) is 13.2 Å². The molecule has 0 rings (SSSR count). The minimum Gasteiger partial charge on any atom is -0.462 e. The first-order chi connectivity index (χ1) is 38.0. The summed E-state index contributed by atoms with van der Waals surface area (Å²) in [5.74, 6) is -0.879. The minimum absolute atomic E-state index is 0.0788. The molecule has 0 aromatic carbocycles. The lowest BCUT2D eigenvalue weighted by molar-refractivity contribution is -0.167. The summed E-state index contributed by atoms with van der Waals surface area (Å²) in [5.41, 5.74) is 0. The molecule has 0 saturated heterocycles. The average Bonchev–Trinajstić information content (AvgIpc) is 3.43. The van der Waals surface area contributed by atoms with Gasteiger partial charge >= 0.3 is 17.9 Å². The maximum Gasteiger partial charge on any atom is 0.306 e. The zero-order valence-corrected chi connectivity index (χ0v) is 51.5. The van der Waals surface area contributed by atoms with Gasteiger partial charge in [0.2, 0.25) is 0 Å². The van der Waals surface area contributed by atoms with Gasteiger partial charge in [0.25, 0.3) is 0 Å². The van der Waals surface area contributed by atoms with E-state index in [1.54, 1.807) is 0 Å². The fraction of sp³-hybridized carbons (Fsp3) is 0.817. The van der Waals surface area contributed by atoms with Crippen molar-refractivity contribution in [3.8, 4) is 0 Å². The van der Waals surface area contributed by atoms with Crippen molar-refractivity contribution in [2.45, 2.75) is 361 Å². The van der Waals surface area contributed by atoms with Crippen LogP contribution < -0.4 is 0 Å². The Kier molecular flexibility index (Phi) is 63.2.